The van der Waals surface area contributed by atoms with Gasteiger partial charge >= 0.3 is 23.1 Å². The number of unbranched alkanes of at least 4 members (excludes halogenated alkanes) is 18. The van der Waals surface area contributed by atoms with E-state index in [0.717, 1.165) is 25.7 Å². The summed E-state index contributed by atoms with van der Waals surface area (Å²) in [4.78, 5) is -0.100. The number of aryl methyl sites for hydroxylation is 2. The van der Waals surface area contributed by atoms with Crippen molar-refractivity contribution in [1.82, 2.24) is 0 Å². The molecule has 252 valence electrons. The first-order valence-electron chi connectivity index (χ1n) is 17.2. The van der Waals surface area contributed by atoms with Crippen LogP contribution in [0.15, 0.2) is 58.3 Å². The first-order valence-corrected chi connectivity index (χ1v) is 20.0. The van der Waals surface area contributed by atoms with Gasteiger partial charge in [0.2, 0.25) is 0 Å². The molecule has 0 spiro atoms. The molecule has 45 heavy (non-hydrogen) atoms. The molecule has 0 atom stereocenters. The molecular weight excluding hydrogens is 617 g/mol. The molecule has 2 aromatic rings. The van der Waals surface area contributed by atoms with Gasteiger partial charge in [0.25, 0.3) is 0 Å². The predicted octanol–water partition coefficient (Wildman–Crippen LogP) is 9.73. The van der Waals surface area contributed by atoms with Gasteiger partial charge in [0.1, 0.15) is 20.2 Å². The second kappa shape index (κ2) is 27.0. The van der Waals surface area contributed by atoms with Crippen molar-refractivity contribution in [2.45, 2.75) is 165 Å². The minimum Gasteiger partial charge on any atom is -0.744 e. The van der Waals surface area contributed by atoms with Crippen LogP contribution in [0.1, 0.15) is 153 Å². The summed E-state index contributed by atoms with van der Waals surface area (Å²) in [6.45, 7) is 4.46. The molecule has 0 fully saturated rings. The van der Waals surface area contributed by atoms with Crippen molar-refractivity contribution in [2.75, 3.05) is 0 Å². The van der Waals surface area contributed by atoms with Gasteiger partial charge in [-0.25, -0.2) is 16.8 Å². The van der Waals surface area contributed by atoms with E-state index in [0.29, 0.717) is 24.0 Å². The van der Waals surface area contributed by atoms with Crippen LogP contribution in [-0.2, 0) is 33.1 Å². The molecule has 0 bridgehead atoms. The molecule has 0 unspecified atom stereocenters. The Labute approximate surface area is 292 Å². The van der Waals surface area contributed by atoms with Crippen LogP contribution in [0.25, 0.3) is 0 Å². The van der Waals surface area contributed by atoms with Crippen molar-refractivity contribution in [1.29, 1.82) is 0 Å². The number of benzene rings is 2. The molecular formula is C36H58MgO6S2. The molecule has 6 nitrogen and oxygen atoms in total. The van der Waals surface area contributed by atoms with Gasteiger partial charge in [0.05, 0.1) is 9.79 Å². The average Bonchev–Trinajstić information content (AvgIpc) is 2.99. The van der Waals surface area contributed by atoms with Gasteiger partial charge in [-0.3, -0.25) is 0 Å². The van der Waals surface area contributed by atoms with Crippen molar-refractivity contribution in [2.24, 2.45) is 0 Å². The Morgan fingerprint density at radius 2 is 0.667 bits per heavy atom. The second-order valence-corrected chi connectivity index (χ2v) is 14.7. The summed E-state index contributed by atoms with van der Waals surface area (Å²) >= 11 is 0. The van der Waals surface area contributed by atoms with Crippen molar-refractivity contribution in [3.63, 3.8) is 0 Å². The summed E-state index contributed by atoms with van der Waals surface area (Å²) in [5.41, 5.74) is 1.33. The molecule has 0 heterocycles. The Bertz CT molecular complexity index is 1120. The van der Waals surface area contributed by atoms with Crippen LogP contribution in [0.4, 0.5) is 0 Å². The Kier molecular flexibility index (Phi) is 26.4. The zero-order valence-electron chi connectivity index (χ0n) is 28.1. The summed E-state index contributed by atoms with van der Waals surface area (Å²) in [5, 5.41) is 0. The summed E-state index contributed by atoms with van der Waals surface area (Å²) in [5.74, 6) is 0. The summed E-state index contributed by atoms with van der Waals surface area (Å²) in [6, 6.07) is 13.1. The van der Waals surface area contributed by atoms with E-state index in [1.165, 1.54) is 115 Å². The Morgan fingerprint density at radius 1 is 0.422 bits per heavy atom. The Morgan fingerprint density at radius 3 is 0.933 bits per heavy atom. The van der Waals surface area contributed by atoms with Gasteiger partial charge in [-0.1, -0.05) is 166 Å². The fourth-order valence-electron chi connectivity index (χ4n) is 5.51. The van der Waals surface area contributed by atoms with E-state index in [-0.39, 0.29) is 32.8 Å². The van der Waals surface area contributed by atoms with Gasteiger partial charge in [-0.15, -0.1) is 0 Å². The number of rotatable bonds is 24. The van der Waals surface area contributed by atoms with E-state index < -0.39 is 20.2 Å². The fraction of sp³-hybridized carbons (Fsp3) is 0.667. The Balaban J connectivity index is 0.000000842. The summed E-state index contributed by atoms with van der Waals surface area (Å²) < 4.78 is 67.1. The van der Waals surface area contributed by atoms with Gasteiger partial charge in [-0.05, 0) is 48.9 Å². The fourth-order valence-corrected chi connectivity index (χ4v) is 6.99. The first-order chi connectivity index (χ1) is 21.1. The number of hydrogen-bond acceptors (Lipinski definition) is 6. The third kappa shape index (κ3) is 22.3. The van der Waals surface area contributed by atoms with E-state index in [1.807, 2.05) is 0 Å². The molecule has 2 aromatic carbocycles. The van der Waals surface area contributed by atoms with Crippen LogP contribution in [0, 0.1) is 0 Å². The van der Waals surface area contributed by atoms with Crippen molar-refractivity contribution < 1.29 is 25.9 Å². The molecule has 0 saturated carbocycles. The van der Waals surface area contributed by atoms with Crippen LogP contribution in [0.2, 0.25) is 0 Å². The quantitative estimate of drug-likeness (QED) is 0.0622. The number of hydrogen-bond donors (Lipinski definition) is 0. The van der Waals surface area contributed by atoms with Crippen LogP contribution in [0.5, 0.6) is 0 Å². The van der Waals surface area contributed by atoms with Crippen molar-refractivity contribution >= 4 is 43.3 Å². The SMILES string of the molecule is CCCCCCCCCCCCc1ccccc1S(=O)(=O)[O-].CCCCCCCCCCCCc1ccccc1S(=O)(=O)[O-].[Mg+2]. The van der Waals surface area contributed by atoms with Gasteiger partial charge in [0, 0.05) is 0 Å². The average molecular weight is 675 g/mol. The molecule has 2 rings (SSSR count). The van der Waals surface area contributed by atoms with Crippen molar-refractivity contribution in [3.05, 3.63) is 59.7 Å². The maximum atomic E-state index is 11.2. The normalized spacial score (nSPS) is 11.5. The van der Waals surface area contributed by atoms with Crippen LogP contribution in [0.3, 0.4) is 0 Å². The Hall–Kier alpha value is -0.974. The first kappa shape index (κ1) is 44.0. The van der Waals surface area contributed by atoms with Crippen LogP contribution in [-0.4, -0.2) is 49.0 Å². The monoisotopic (exact) mass is 674 g/mol. The maximum Gasteiger partial charge on any atom is 2.00 e. The standard InChI is InChI=1S/2C18H30O3S.Mg/c2*1-2-3-4-5-6-7-8-9-10-11-14-17-15-12-13-16-18(17)22(19,20)21;/h2*12-13,15-16H,2-11,14H2,1H3,(H,19,20,21);/q;;+2/p-2. The van der Waals surface area contributed by atoms with E-state index in [4.69, 9.17) is 0 Å². The van der Waals surface area contributed by atoms with E-state index in [9.17, 15) is 25.9 Å². The van der Waals surface area contributed by atoms with Gasteiger partial charge in [-0.2, -0.15) is 0 Å². The molecule has 0 N–H and O–H groups in total. The minimum atomic E-state index is -4.35. The molecule has 0 aliphatic carbocycles. The zero-order chi connectivity index (χ0) is 32.5. The molecule has 0 aliphatic heterocycles. The van der Waals surface area contributed by atoms with E-state index in [1.54, 1.807) is 36.4 Å². The minimum absolute atomic E-state index is 0. The molecule has 0 radical (unpaired) electrons. The molecule has 9 heteroatoms. The van der Waals surface area contributed by atoms with Gasteiger partial charge < -0.3 is 9.11 Å². The van der Waals surface area contributed by atoms with Crippen molar-refractivity contribution in [3.8, 4) is 0 Å². The van der Waals surface area contributed by atoms with E-state index >= 15 is 0 Å². The van der Waals surface area contributed by atoms with E-state index in [2.05, 4.69) is 13.8 Å². The molecule has 0 amide bonds. The molecule has 0 saturated heterocycles. The molecule has 0 aromatic heterocycles. The summed E-state index contributed by atoms with van der Waals surface area (Å²) in [6.07, 6.45) is 26.3. The topological polar surface area (TPSA) is 114 Å². The van der Waals surface area contributed by atoms with Crippen LogP contribution < -0.4 is 0 Å². The maximum absolute atomic E-state index is 11.2. The third-order valence-corrected chi connectivity index (χ3v) is 9.96. The van der Waals surface area contributed by atoms with Gasteiger partial charge in [0.15, 0.2) is 0 Å². The smallest absolute Gasteiger partial charge is 0.744 e. The summed E-state index contributed by atoms with van der Waals surface area (Å²) in [7, 11) is -8.69. The largest absolute Gasteiger partial charge is 2.00 e. The van der Waals surface area contributed by atoms with Crippen LogP contribution >= 0.6 is 0 Å². The molecule has 0 aliphatic rings. The third-order valence-electron chi connectivity index (χ3n) is 8.08. The zero-order valence-corrected chi connectivity index (χ0v) is 31.2. The predicted molar refractivity (Wildman–Crippen MR) is 186 cm³/mol. The second-order valence-electron chi connectivity index (χ2n) is 12.0.